The molecule has 1 aliphatic rings. The first-order valence-corrected chi connectivity index (χ1v) is 13.6. The van der Waals surface area contributed by atoms with Crippen LogP contribution in [-0.2, 0) is 27.3 Å². The SMILES string of the molecule is CCOC(=O)Cc1c(C)cccc1OCc1nn(C2CCOC2)c2ccc(-c3ccc4ccnc(N)c4c3)cc12. The van der Waals surface area contributed by atoms with Gasteiger partial charge >= 0.3 is 5.97 Å². The number of hydrogen-bond donors (Lipinski definition) is 1. The molecule has 1 fully saturated rings. The molecule has 6 rings (SSSR count). The number of ether oxygens (including phenoxy) is 3. The van der Waals surface area contributed by atoms with Gasteiger partial charge < -0.3 is 19.9 Å². The van der Waals surface area contributed by atoms with Gasteiger partial charge in [0, 0.05) is 29.1 Å². The van der Waals surface area contributed by atoms with Gasteiger partial charge in [0.25, 0.3) is 0 Å². The molecule has 2 N–H and O–H groups in total. The van der Waals surface area contributed by atoms with Crippen molar-refractivity contribution < 1.29 is 19.0 Å². The van der Waals surface area contributed by atoms with Gasteiger partial charge in [-0.25, -0.2) is 4.98 Å². The number of anilines is 1. The molecule has 8 heteroatoms. The van der Waals surface area contributed by atoms with Gasteiger partial charge in [0.15, 0.2) is 0 Å². The van der Waals surface area contributed by atoms with Crippen molar-refractivity contribution in [2.75, 3.05) is 25.6 Å². The molecule has 1 atom stereocenters. The maximum Gasteiger partial charge on any atom is 0.310 e. The summed E-state index contributed by atoms with van der Waals surface area (Å²) in [6.45, 7) is 5.75. The quantitative estimate of drug-likeness (QED) is 0.251. The molecule has 0 aliphatic carbocycles. The molecule has 1 aliphatic heterocycles. The molecule has 3 aromatic carbocycles. The Morgan fingerprint density at radius 1 is 1.10 bits per heavy atom. The van der Waals surface area contributed by atoms with Crippen molar-refractivity contribution in [3.05, 3.63) is 83.7 Å². The van der Waals surface area contributed by atoms with Crippen molar-refractivity contribution in [2.24, 2.45) is 0 Å². The number of pyridine rings is 1. The van der Waals surface area contributed by atoms with Crippen LogP contribution in [0.1, 0.15) is 36.2 Å². The van der Waals surface area contributed by atoms with Gasteiger partial charge in [-0.15, -0.1) is 0 Å². The number of nitrogen functional groups attached to an aromatic ring is 1. The van der Waals surface area contributed by atoms with E-state index >= 15 is 0 Å². The number of nitrogens with two attached hydrogens (primary N) is 1. The van der Waals surface area contributed by atoms with E-state index in [-0.39, 0.29) is 25.0 Å². The van der Waals surface area contributed by atoms with Crippen LogP contribution in [0.3, 0.4) is 0 Å². The highest BCUT2D eigenvalue weighted by molar-refractivity contribution is 5.95. The average molecular weight is 537 g/mol. The van der Waals surface area contributed by atoms with Gasteiger partial charge in [0.05, 0.1) is 31.2 Å². The second-order valence-electron chi connectivity index (χ2n) is 10.1. The molecule has 40 heavy (non-hydrogen) atoms. The maximum absolute atomic E-state index is 12.3. The minimum absolute atomic E-state index is 0.161. The average Bonchev–Trinajstić information content (AvgIpc) is 3.62. The monoisotopic (exact) mass is 536 g/mol. The van der Waals surface area contributed by atoms with E-state index in [0.29, 0.717) is 24.8 Å². The summed E-state index contributed by atoms with van der Waals surface area (Å²) in [6, 6.07) is 20.6. The Balaban J connectivity index is 1.38. The number of carbonyl (C=O) groups excluding carboxylic acids is 1. The third-order valence-corrected chi connectivity index (χ3v) is 7.52. The Hall–Kier alpha value is -4.43. The van der Waals surface area contributed by atoms with Gasteiger partial charge in [0.1, 0.15) is 23.9 Å². The zero-order chi connectivity index (χ0) is 27.6. The lowest BCUT2D eigenvalue weighted by atomic mass is 10.00. The molecular formula is C32H32N4O4. The fraction of sp³-hybridized carbons (Fsp3) is 0.281. The summed E-state index contributed by atoms with van der Waals surface area (Å²) < 4.78 is 19.3. The minimum atomic E-state index is -0.270. The van der Waals surface area contributed by atoms with Crippen molar-refractivity contribution in [1.82, 2.24) is 14.8 Å². The number of hydrogen-bond acceptors (Lipinski definition) is 7. The molecule has 0 bridgehead atoms. The summed E-state index contributed by atoms with van der Waals surface area (Å²) >= 11 is 0. The van der Waals surface area contributed by atoms with E-state index in [0.717, 1.165) is 62.7 Å². The zero-order valence-corrected chi connectivity index (χ0v) is 22.7. The Bertz CT molecular complexity index is 1700. The van der Waals surface area contributed by atoms with Crippen molar-refractivity contribution >= 4 is 33.5 Å². The van der Waals surface area contributed by atoms with Gasteiger partial charge in [-0.05, 0) is 72.7 Å². The predicted molar refractivity (Wildman–Crippen MR) is 155 cm³/mol. The molecule has 3 heterocycles. The fourth-order valence-electron chi connectivity index (χ4n) is 5.39. The lowest BCUT2D eigenvalue weighted by Gasteiger charge is -2.13. The van der Waals surface area contributed by atoms with E-state index in [9.17, 15) is 4.79 Å². The van der Waals surface area contributed by atoms with E-state index in [1.165, 1.54) is 0 Å². The van der Waals surface area contributed by atoms with Crippen LogP contribution in [0.15, 0.2) is 66.9 Å². The van der Waals surface area contributed by atoms with Crippen molar-refractivity contribution in [3.63, 3.8) is 0 Å². The highest BCUT2D eigenvalue weighted by Crippen LogP contribution is 2.33. The van der Waals surface area contributed by atoms with Crippen LogP contribution in [0.25, 0.3) is 32.8 Å². The number of aromatic nitrogens is 3. The molecule has 5 aromatic rings. The summed E-state index contributed by atoms with van der Waals surface area (Å²) in [5.41, 5.74) is 12.0. The van der Waals surface area contributed by atoms with Crippen molar-refractivity contribution in [1.29, 1.82) is 0 Å². The molecule has 0 radical (unpaired) electrons. The minimum Gasteiger partial charge on any atom is -0.487 e. The zero-order valence-electron chi connectivity index (χ0n) is 22.7. The van der Waals surface area contributed by atoms with Gasteiger partial charge in [-0.1, -0.05) is 30.3 Å². The second kappa shape index (κ2) is 11.0. The van der Waals surface area contributed by atoms with E-state index in [1.807, 2.05) is 38.1 Å². The van der Waals surface area contributed by atoms with Crippen LogP contribution in [-0.4, -0.2) is 40.6 Å². The van der Waals surface area contributed by atoms with Gasteiger partial charge in [0.2, 0.25) is 0 Å². The molecule has 1 saturated heterocycles. The summed E-state index contributed by atoms with van der Waals surface area (Å²) in [5.74, 6) is 0.905. The molecule has 204 valence electrons. The number of benzene rings is 3. The summed E-state index contributed by atoms with van der Waals surface area (Å²) in [4.78, 5) is 16.5. The van der Waals surface area contributed by atoms with Crippen molar-refractivity contribution in [2.45, 2.75) is 39.3 Å². The van der Waals surface area contributed by atoms with Crippen LogP contribution in [0, 0.1) is 6.92 Å². The first kappa shape index (κ1) is 25.8. The normalized spacial score (nSPS) is 15.1. The standard InChI is InChI=1S/C32H32N4O4/c1-3-39-31(37)17-25-20(2)5-4-6-30(25)40-19-28-27-16-23(9-10-29(27)36(35-28)24-12-14-38-18-24)22-8-7-21-11-13-34-32(33)26(21)15-22/h4-11,13,15-16,24H,3,12,14,17-19H2,1-2H3,(H2,33,34). The Morgan fingerprint density at radius 3 is 2.73 bits per heavy atom. The number of nitrogens with zero attached hydrogens (tertiary/aromatic N) is 3. The number of fused-ring (bicyclic) bond motifs is 2. The lowest BCUT2D eigenvalue weighted by Crippen LogP contribution is -2.11. The van der Waals surface area contributed by atoms with Crippen molar-refractivity contribution in [3.8, 4) is 16.9 Å². The van der Waals surface area contributed by atoms with E-state index in [4.69, 9.17) is 25.0 Å². The number of carbonyl (C=O) groups is 1. The van der Waals surface area contributed by atoms with Crippen LogP contribution < -0.4 is 10.5 Å². The molecule has 0 saturated carbocycles. The maximum atomic E-state index is 12.3. The first-order valence-electron chi connectivity index (χ1n) is 13.6. The highest BCUT2D eigenvalue weighted by atomic mass is 16.5. The molecule has 0 amide bonds. The lowest BCUT2D eigenvalue weighted by molar-refractivity contribution is -0.142. The Kier molecular flexibility index (Phi) is 7.09. The summed E-state index contributed by atoms with van der Waals surface area (Å²) in [5, 5.41) is 8.01. The van der Waals surface area contributed by atoms with Gasteiger partial charge in [-0.3, -0.25) is 9.48 Å². The van der Waals surface area contributed by atoms with E-state index in [1.54, 1.807) is 6.20 Å². The van der Waals surface area contributed by atoms with E-state index in [2.05, 4.69) is 46.1 Å². The predicted octanol–water partition coefficient (Wildman–Crippen LogP) is 5.79. The molecule has 2 aromatic heterocycles. The molecule has 1 unspecified atom stereocenters. The largest absolute Gasteiger partial charge is 0.487 e. The fourth-order valence-corrected chi connectivity index (χ4v) is 5.39. The smallest absolute Gasteiger partial charge is 0.310 e. The third kappa shape index (κ3) is 4.98. The molecule has 8 nitrogen and oxygen atoms in total. The third-order valence-electron chi connectivity index (χ3n) is 7.52. The summed E-state index contributed by atoms with van der Waals surface area (Å²) in [6.07, 6.45) is 2.80. The molecule has 0 spiro atoms. The number of esters is 1. The second-order valence-corrected chi connectivity index (χ2v) is 10.1. The molecular weight excluding hydrogens is 504 g/mol. The van der Waals surface area contributed by atoms with Gasteiger partial charge in [-0.2, -0.15) is 5.10 Å². The van der Waals surface area contributed by atoms with Crippen LogP contribution in [0.5, 0.6) is 5.75 Å². The first-order chi connectivity index (χ1) is 19.5. The highest BCUT2D eigenvalue weighted by Gasteiger charge is 2.23. The topological polar surface area (TPSA) is 101 Å². The van der Waals surface area contributed by atoms with Crippen LogP contribution >= 0.6 is 0 Å². The Labute approximate surface area is 232 Å². The Morgan fingerprint density at radius 2 is 1.93 bits per heavy atom. The number of rotatable bonds is 8. The van der Waals surface area contributed by atoms with Crippen LogP contribution in [0.4, 0.5) is 5.82 Å². The van der Waals surface area contributed by atoms with E-state index < -0.39 is 0 Å². The number of aryl methyl sites for hydroxylation is 1. The van der Waals surface area contributed by atoms with Crippen LogP contribution in [0.2, 0.25) is 0 Å². The summed E-state index contributed by atoms with van der Waals surface area (Å²) in [7, 11) is 0.